The number of nitrogens with zero attached hydrogens (tertiary/aromatic N) is 3. The molecule has 6 nitrogen and oxygen atoms in total. The van der Waals surface area contributed by atoms with Crippen LogP contribution in [0.25, 0.3) is 0 Å². The van der Waals surface area contributed by atoms with E-state index in [1.165, 1.54) is 29.0 Å². The summed E-state index contributed by atoms with van der Waals surface area (Å²) in [4.78, 5) is 13.1. The molecule has 2 aromatic rings. The van der Waals surface area contributed by atoms with E-state index in [9.17, 15) is 0 Å². The fourth-order valence-electron chi connectivity index (χ4n) is 4.60. The Morgan fingerprint density at radius 3 is 2.38 bits per heavy atom. The van der Waals surface area contributed by atoms with Gasteiger partial charge in [-0.1, -0.05) is 0 Å². The Balaban J connectivity index is 1.28. The fourth-order valence-corrected chi connectivity index (χ4v) is 5.29. The molecule has 1 saturated carbocycles. The molecular formula is C24H34N6S2. The molecule has 2 aliphatic carbocycles. The zero-order chi connectivity index (χ0) is 22.5. The molecule has 1 aromatic heterocycles. The van der Waals surface area contributed by atoms with Gasteiger partial charge in [0, 0.05) is 42.3 Å². The summed E-state index contributed by atoms with van der Waals surface area (Å²) < 4.78 is 0. The van der Waals surface area contributed by atoms with Crippen LogP contribution in [0.1, 0.15) is 49.8 Å². The van der Waals surface area contributed by atoms with Crippen molar-refractivity contribution in [3.05, 3.63) is 35.5 Å². The molecule has 4 rings (SSSR count). The van der Waals surface area contributed by atoms with Gasteiger partial charge in [0.05, 0.1) is 5.69 Å². The first-order valence-electron chi connectivity index (χ1n) is 11.6. The molecule has 0 amide bonds. The molecule has 0 spiro atoms. The van der Waals surface area contributed by atoms with Crippen LogP contribution in [0, 0.1) is 0 Å². The van der Waals surface area contributed by atoms with Crippen molar-refractivity contribution in [2.24, 2.45) is 0 Å². The van der Waals surface area contributed by atoms with Crippen molar-refractivity contribution in [3.8, 4) is 0 Å². The first kappa shape index (κ1) is 23.1. The van der Waals surface area contributed by atoms with Gasteiger partial charge in [-0.2, -0.15) is 4.98 Å². The van der Waals surface area contributed by atoms with Crippen molar-refractivity contribution >= 4 is 46.5 Å². The summed E-state index contributed by atoms with van der Waals surface area (Å²) in [5.74, 6) is 1.87. The van der Waals surface area contributed by atoms with Crippen molar-refractivity contribution in [2.75, 3.05) is 35.9 Å². The van der Waals surface area contributed by atoms with E-state index in [1.54, 1.807) is 11.8 Å². The Hall–Kier alpha value is -2.06. The van der Waals surface area contributed by atoms with E-state index in [2.05, 4.69) is 65.5 Å². The molecule has 172 valence electrons. The lowest BCUT2D eigenvalue weighted by Crippen LogP contribution is -2.42. The van der Waals surface area contributed by atoms with E-state index in [0.29, 0.717) is 17.2 Å². The Kier molecular flexibility index (Phi) is 7.73. The second-order valence-corrected chi connectivity index (χ2v) is 10.2. The summed E-state index contributed by atoms with van der Waals surface area (Å²) in [6.45, 7) is 0. The number of thiocarbonyl (C=S) groups is 1. The molecule has 32 heavy (non-hydrogen) atoms. The van der Waals surface area contributed by atoms with Crippen molar-refractivity contribution in [3.63, 3.8) is 0 Å². The maximum Gasteiger partial charge on any atom is 0.225 e. The van der Waals surface area contributed by atoms with Crippen molar-refractivity contribution in [1.82, 2.24) is 15.3 Å². The molecule has 0 aliphatic heterocycles. The van der Waals surface area contributed by atoms with Crippen LogP contribution in [0.4, 0.5) is 17.5 Å². The van der Waals surface area contributed by atoms with Crippen molar-refractivity contribution in [2.45, 2.75) is 68.3 Å². The number of rotatable bonds is 6. The first-order valence-corrected chi connectivity index (χ1v) is 13.2. The second kappa shape index (κ2) is 10.7. The molecule has 1 fully saturated rings. The molecule has 2 aliphatic rings. The minimum Gasteiger partial charge on any atom is -0.362 e. The average Bonchev–Trinajstić information content (AvgIpc) is 2.80. The SMILES string of the molecule is CSc1ccc(NC(=S)N[C@H]2CC[C@@H](Nc3nc4c(c(N(C)C)n3)CCCC4)CC2)cc1. The van der Waals surface area contributed by atoms with E-state index < -0.39 is 0 Å². The molecule has 3 N–H and O–H groups in total. The molecule has 0 saturated heterocycles. The molecule has 1 aromatic carbocycles. The highest BCUT2D eigenvalue weighted by atomic mass is 32.2. The van der Waals surface area contributed by atoms with Gasteiger partial charge in [0.15, 0.2) is 5.11 Å². The quantitative estimate of drug-likeness (QED) is 0.409. The second-order valence-electron chi connectivity index (χ2n) is 8.92. The van der Waals surface area contributed by atoms with Crippen LogP contribution < -0.4 is 20.9 Å². The standard InChI is InChI=1S/C24H34N6S2/c1-30(2)22-20-6-4-5-7-21(20)28-23(29-22)25-16-8-10-17(11-9-16)26-24(31)27-18-12-14-19(32-3)15-13-18/h12-17H,4-11H2,1-3H3,(H,25,28,29)(H2,26,27,31)/t16-,17+. The van der Waals surface area contributed by atoms with Crippen LogP contribution in [-0.2, 0) is 12.8 Å². The maximum atomic E-state index is 5.54. The maximum absolute atomic E-state index is 5.54. The lowest BCUT2D eigenvalue weighted by atomic mass is 9.91. The molecule has 0 bridgehead atoms. The predicted molar refractivity (Wildman–Crippen MR) is 140 cm³/mol. The minimum absolute atomic E-state index is 0.403. The zero-order valence-electron chi connectivity index (χ0n) is 19.3. The van der Waals surface area contributed by atoms with Gasteiger partial charge < -0.3 is 20.9 Å². The smallest absolute Gasteiger partial charge is 0.225 e. The van der Waals surface area contributed by atoms with Gasteiger partial charge in [0.2, 0.25) is 5.95 Å². The third-order valence-corrected chi connectivity index (χ3v) is 7.29. The summed E-state index contributed by atoms with van der Waals surface area (Å²) in [7, 11) is 4.15. The summed E-state index contributed by atoms with van der Waals surface area (Å²) in [6, 6.07) is 9.17. The Morgan fingerprint density at radius 2 is 1.69 bits per heavy atom. The van der Waals surface area contributed by atoms with E-state index in [4.69, 9.17) is 22.2 Å². The van der Waals surface area contributed by atoms with Gasteiger partial charge in [0.1, 0.15) is 5.82 Å². The van der Waals surface area contributed by atoms with Gasteiger partial charge in [-0.3, -0.25) is 0 Å². The largest absolute Gasteiger partial charge is 0.362 e. The van der Waals surface area contributed by atoms with Gasteiger partial charge in [-0.15, -0.1) is 11.8 Å². The van der Waals surface area contributed by atoms with Crippen LogP contribution in [-0.4, -0.2) is 47.5 Å². The number of hydrogen-bond donors (Lipinski definition) is 3. The highest BCUT2D eigenvalue weighted by molar-refractivity contribution is 7.98. The fraction of sp³-hybridized carbons (Fsp3) is 0.542. The number of hydrogen-bond acceptors (Lipinski definition) is 6. The number of benzene rings is 1. The zero-order valence-corrected chi connectivity index (χ0v) is 20.9. The van der Waals surface area contributed by atoms with Crippen LogP contribution in [0.15, 0.2) is 29.2 Å². The molecule has 8 heteroatoms. The van der Waals surface area contributed by atoms with Gasteiger partial charge in [-0.25, -0.2) is 4.98 Å². The topological polar surface area (TPSA) is 65.1 Å². The van der Waals surface area contributed by atoms with E-state index in [1.807, 2.05) is 0 Å². The summed E-state index contributed by atoms with van der Waals surface area (Å²) in [5.41, 5.74) is 3.59. The predicted octanol–water partition coefficient (Wildman–Crippen LogP) is 4.85. The summed E-state index contributed by atoms with van der Waals surface area (Å²) in [6.07, 6.45) is 11.0. The molecule has 1 heterocycles. The summed E-state index contributed by atoms with van der Waals surface area (Å²) >= 11 is 7.28. The number of fused-ring (bicyclic) bond motifs is 1. The van der Waals surface area contributed by atoms with Crippen molar-refractivity contribution < 1.29 is 0 Å². The lowest BCUT2D eigenvalue weighted by Gasteiger charge is -2.31. The number of aromatic nitrogens is 2. The lowest BCUT2D eigenvalue weighted by molar-refractivity contribution is 0.387. The summed E-state index contributed by atoms with van der Waals surface area (Å²) in [5, 5.41) is 11.1. The van der Waals surface area contributed by atoms with Gasteiger partial charge in [-0.05, 0) is 94.1 Å². The Labute approximate surface area is 201 Å². The molecule has 0 atom stereocenters. The Morgan fingerprint density at radius 1 is 1.00 bits per heavy atom. The number of nitrogens with one attached hydrogen (secondary N) is 3. The normalized spacial score (nSPS) is 20.2. The third-order valence-electron chi connectivity index (χ3n) is 6.33. The number of aryl methyl sites for hydroxylation is 1. The Bertz CT molecular complexity index is 923. The van der Waals surface area contributed by atoms with Gasteiger partial charge in [0.25, 0.3) is 0 Å². The monoisotopic (exact) mass is 470 g/mol. The van der Waals surface area contributed by atoms with E-state index >= 15 is 0 Å². The van der Waals surface area contributed by atoms with Crippen LogP contribution in [0.5, 0.6) is 0 Å². The van der Waals surface area contributed by atoms with Crippen LogP contribution in [0.2, 0.25) is 0 Å². The highest BCUT2D eigenvalue weighted by Gasteiger charge is 2.24. The number of anilines is 3. The van der Waals surface area contributed by atoms with E-state index in [0.717, 1.165) is 56.0 Å². The molecular weight excluding hydrogens is 436 g/mol. The van der Waals surface area contributed by atoms with Crippen LogP contribution >= 0.6 is 24.0 Å². The third kappa shape index (κ3) is 5.84. The van der Waals surface area contributed by atoms with Gasteiger partial charge >= 0.3 is 0 Å². The molecule has 0 radical (unpaired) electrons. The first-order chi connectivity index (χ1) is 15.5. The molecule has 0 unspecified atom stereocenters. The average molecular weight is 471 g/mol. The number of thioether (sulfide) groups is 1. The highest BCUT2D eigenvalue weighted by Crippen LogP contribution is 2.29. The van der Waals surface area contributed by atoms with Crippen LogP contribution in [0.3, 0.4) is 0 Å². The minimum atomic E-state index is 0.403. The van der Waals surface area contributed by atoms with Crippen molar-refractivity contribution in [1.29, 1.82) is 0 Å². The van der Waals surface area contributed by atoms with E-state index in [-0.39, 0.29) is 0 Å².